The van der Waals surface area contributed by atoms with Gasteiger partial charge in [-0.05, 0) is 6.54 Å². The molecule has 0 aliphatic heterocycles. The van der Waals surface area contributed by atoms with Crippen LogP contribution in [0.4, 0.5) is 0 Å². The average molecular weight is 182 g/mol. The Bertz CT molecular complexity index is 218. The molecule has 0 spiro atoms. The number of carbonyl (C=O) groups is 1. The standard InChI is InChI=1S/C9H14N2O2/c1-2-11(8-4-6-10)7-3-5-9(12)13/h3,5H,2,4,7-8H2,1H3,(H,12,13). The van der Waals surface area contributed by atoms with E-state index in [2.05, 4.69) is 0 Å². The zero-order valence-electron chi connectivity index (χ0n) is 7.73. The number of hydrogen-bond donors (Lipinski definition) is 1. The van der Waals surface area contributed by atoms with Crippen LogP contribution in [-0.2, 0) is 4.79 Å². The molecule has 0 unspecified atom stereocenters. The first-order valence-electron chi connectivity index (χ1n) is 4.19. The maximum atomic E-state index is 10.1. The highest BCUT2D eigenvalue weighted by atomic mass is 16.4. The van der Waals surface area contributed by atoms with E-state index in [1.807, 2.05) is 17.9 Å². The number of rotatable bonds is 6. The van der Waals surface area contributed by atoms with Crippen molar-refractivity contribution in [2.75, 3.05) is 19.6 Å². The Balaban J connectivity index is 3.72. The van der Waals surface area contributed by atoms with Crippen LogP contribution in [0.25, 0.3) is 0 Å². The van der Waals surface area contributed by atoms with E-state index in [4.69, 9.17) is 10.4 Å². The Morgan fingerprint density at radius 3 is 2.85 bits per heavy atom. The van der Waals surface area contributed by atoms with Gasteiger partial charge in [0, 0.05) is 25.6 Å². The van der Waals surface area contributed by atoms with E-state index in [0.717, 1.165) is 12.6 Å². The third-order valence-corrected chi connectivity index (χ3v) is 1.61. The van der Waals surface area contributed by atoms with Crippen molar-refractivity contribution in [3.63, 3.8) is 0 Å². The van der Waals surface area contributed by atoms with E-state index in [-0.39, 0.29) is 0 Å². The molecule has 0 saturated carbocycles. The van der Waals surface area contributed by atoms with Crippen molar-refractivity contribution in [1.82, 2.24) is 4.90 Å². The van der Waals surface area contributed by atoms with Gasteiger partial charge >= 0.3 is 5.97 Å². The number of aliphatic carboxylic acids is 1. The number of nitrogens with zero attached hydrogens (tertiary/aromatic N) is 2. The van der Waals surface area contributed by atoms with Crippen molar-refractivity contribution >= 4 is 5.97 Å². The van der Waals surface area contributed by atoms with E-state index in [1.165, 1.54) is 0 Å². The van der Waals surface area contributed by atoms with Gasteiger partial charge in [-0.3, -0.25) is 4.90 Å². The van der Waals surface area contributed by atoms with Gasteiger partial charge in [-0.2, -0.15) is 5.26 Å². The van der Waals surface area contributed by atoms with Crippen LogP contribution in [0.3, 0.4) is 0 Å². The average Bonchev–Trinajstić information content (AvgIpc) is 2.10. The third kappa shape index (κ3) is 7.04. The largest absolute Gasteiger partial charge is 0.478 e. The van der Waals surface area contributed by atoms with Gasteiger partial charge in [-0.25, -0.2) is 4.79 Å². The quantitative estimate of drug-likeness (QED) is 0.619. The van der Waals surface area contributed by atoms with Gasteiger partial charge in [0.2, 0.25) is 0 Å². The van der Waals surface area contributed by atoms with Gasteiger partial charge in [-0.15, -0.1) is 0 Å². The Morgan fingerprint density at radius 2 is 2.38 bits per heavy atom. The molecule has 0 radical (unpaired) electrons. The zero-order valence-corrected chi connectivity index (χ0v) is 7.73. The smallest absolute Gasteiger partial charge is 0.328 e. The Morgan fingerprint density at radius 1 is 1.69 bits per heavy atom. The Kier molecular flexibility index (Phi) is 6.56. The van der Waals surface area contributed by atoms with Crippen LogP contribution in [0.2, 0.25) is 0 Å². The molecule has 0 bridgehead atoms. The lowest BCUT2D eigenvalue weighted by atomic mass is 10.3. The predicted octanol–water partition coefficient (Wildman–Crippen LogP) is 0.863. The highest BCUT2D eigenvalue weighted by molar-refractivity contribution is 5.79. The second-order valence-corrected chi connectivity index (χ2v) is 2.54. The van der Waals surface area contributed by atoms with Gasteiger partial charge in [-0.1, -0.05) is 13.0 Å². The van der Waals surface area contributed by atoms with E-state index in [1.54, 1.807) is 6.08 Å². The summed E-state index contributed by atoms with van der Waals surface area (Å²) in [6.45, 7) is 4.08. The van der Waals surface area contributed by atoms with Crippen LogP contribution in [0, 0.1) is 11.3 Å². The molecule has 0 fully saturated rings. The van der Waals surface area contributed by atoms with Crippen molar-refractivity contribution in [1.29, 1.82) is 5.26 Å². The van der Waals surface area contributed by atoms with E-state index in [0.29, 0.717) is 19.5 Å². The first-order chi connectivity index (χ1) is 6.20. The van der Waals surface area contributed by atoms with Gasteiger partial charge in [0.1, 0.15) is 0 Å². The first-order valence-corrected chi connectivity index (χ1v) is 4.19. The molecule has 0 rings (SSSR count). The number of likely N-dealkylation sites (N-methyl/N-ethyl adjacent to an activating group) is 1. The first kappa shape index (κ1) is 11.7. The Hall–Kier alpha value is -1.34. The second-order valence-electron chi connectivity index (χ2n) is 2.54. The van der Waals surface area contributed by atoms with Gasteiger partial charge in [0.05, 0.1) is 6.07 Å². The molecule has 4 nitrogen and oxygen atoms in total. The predicted molar refractivity (Wildman–Crippen MR) is 49.1 cm³/mol. The maximum Gasteiger partial charge on any atom is 0.328 e. The zero-order chi connectivity index (χ0) is 10.1. The summed E-state index contributed by atoms with van der Waals surface area (Å²) in [6, 6.07) is 2.05. The molecule has 0 aromatic heterocycles. The summed E-state index contributed by atoms with van der Waals surface area (Å²) in [5, 5.41) is 16.7. The molecule has 0 amide bonds. The molecule has 0 atom stereocenters. The lowest BCUT2D eigenvalue weighted by Gasteiger charge is -2.15. The summed E-state index contributed by atoms with van der Waals surface area (Å²) >= 11 is 0. The third-order valence-electron chi connectivity index (χ3n) is 1.61. The van der Waals surface area contributed by atoms with Crippen LogP contribution in [0.1, 0.15) is 13.3 Å². The fourth-order valence-electron chi connectivity index (χ4n) is 0.889. The highest BCUT2D eigenvalue weighted by Gasteiger charge is 1.98. The van der Waals surface area contributed by atoms with Crippen molar-refractivity contribution < 1.29 is 9.90 Å². The number of carboxylic acid groups (broad SMARTS) is 1. The molecular weight excluding hydrogens is 168 g/mol. The molecule has 4 heteroatoms. The van der Waals surface area contributed by atoms with Gasteiger partial charge in [0.25, 0.3) is 0 Å². The van der Waals surface area contributed by atoms with Crippen LogP contribution < -0.4 is 0 Å². The summed E-state index contributed by atoms with van der Waals surface area (Å²) in [6.07, 6.45) is 3.19. The second kappa shape index (κ2) is 7.32. The fourth-order valence-corrected chi connectivity index (χ4v) is 0.889. The normalized spacial score (nSPS) is 10.5. The molecule has 72 valence electrons. The fraction of sp³-hybridized carbons (Fsp3) is 0.556. The molecule has 13 heavy (non-hydrogen) atoms. The SMILES string of the molecule is CCN(CC=CC(=O)O)CCC#N. The van der Waals surface area contributed by atoms with Crippen LogP contribution in [-0.4, -0.2) is 35.6 Å². The minimum atomic E-state index is -0.934. The molecule has 0 aromatic carbocycles. The maximum absolute atomic E-state index is 10.1. The molecule has 0 saturated heterocycles. The van der Waals surface area contributed by atoms with Crippen LogP contribution in [0.15, 0.2) is 12.2 Å². The van der Waals surface area contributed by atoms with E-state index >= 15 is 0 Å². The van der Waals surface area contributed by atoms with Gasteiger partial charge < -0.3 is 5.11 Å². The summed E-state index contributed by atoms with van der Waals surface area (Å²) < 4.78 is 0. The van der Waals surface area contributed by atoms with Crippen molar-refractivity contribution in [3.8, 4) is 6.07 Å². The van der Waals surface area contributed by atoms with Crippen LogP contribution >= 0.6 is 0 Å². The van der Waals surface area contributed by atoms with Gasteiger partial charge in [0.15, 0.2) is 0 Å². The number of nitriles is 1. The summed E-state index contributed by atoms with van der Waals surface area (Å²) in [5.41, 5.74) is 0. The molecule has 0 aliphatic carbocycles. The number of carboxylic acids is 1. The van der Waals surface area contributed by atoms with E-state index in [9.17, 15) is 4.79 Å². The summed E-state index contributed by atoms with van der Waals surface area (Å²) in [7, 11) is 0. The van der Waals surface area contributed by atoms with Crippen molar-refractivity contribution in [2.45, 2.75) is 13.3 Å². The van der Waals surface area contributed by atoms with Crippen molar-refractivity contribution in [2.24, 2.45) is 0 Å². The topological polar surface area (TPSA) is 64.3 Å². The minimum absolute atomic E-state index is 0.481. The molecule has 0 aliphatic rings. The Labute approximate surface area is 78.1 Å². The van der Waals surface area contributed by atoms with Crippen molar-refractivity contribution in [3.05, 3.63) is 12.2 Å². The molecule has 0 heterocycles. The highest BCUT2D eigenvalue weighted by Crippen LogP contribution is 1.90. The van der Waals surface area contributed by atoms with Crippen LogP contribution in [0.5, 0.6) is 0 Å². The minimum Gasteiger partial charge on any atom is -0.478 e. The molecular formula is C9H14N2O2. The molecule has 1 N–H and O–H groups in total. The summed E-state index contributed by atoms with van der Waals surface area (Å²) in [5.74, 6) is -0.934. The lowest BCUT2D eigenvalue weighted by molar-refractivity contribution is -0.131. The monoisotopic (exact) mass is 182 g/mol. The lowest BCUT2D eigenvalue weighted by Crippen LogP contribution is -2.24. The number of hydrogen-bond acceptors (Lipinski definition) is 3. The summed E-state index contributed by atoms with van der Waals surface area (Å²) in [4.78, 5) is 12.1. The van der Waals surface area contributed by atoms with E-state index < -0.39 is 5.97 Å². The molecule has 0 aromatic rings.